The van der Waals surface area contributed by atoms with E-state index in [1.807, 2.05) is 20.8 Å². The zero-order valence-electron chi connectivity index (χ0n) is 10.1. The van der Waals surface area contributed by atoms with E-state index in [-0.39, 0.29) is 23.8 Å². The molecule has 1 amide bonds. The summed E-state index contributed by atoms with van der Waals surface area (Å²) in [5.41, 5.74) is 0.307. The van der Waals surface area contributed by atoms with E-state index in [1.165, 1.54) is 12.1 Å². The van der Waals surface area contributed by atoms with Crippen molar-refractivity contribution in [3.05, 3.63) is 28.5 Å². The lowest BCUT2D eigenvalue weighted by molar-refractivity contribution is -0.115. The maximum atomic E-state index is 13.0. The van der Waals surface area contributed by atoms with Crippen LogP contribution in [0, 0.1) is 5.82 Å². The van der Waals surface area contributed by atoms with Gasteiger partial charge in [-0.05, 0) is 54.9 Å². The summed E-state index contributed by atoms with van der Waals surface area (Å²) in [6.07, 6.45) is 0. The van der Waals surface area contributed by atoms with Crippen molar-refractivity contribution in [1.82, 2.24) is 5.32 Å². The van der Waals surface area contributed by atoms with Gasteiger partial charge in [-0.2, -0.15) is 0 Å². The Balaban J connectivity index is 2.59. The van der Waals surface area contributed by atoms with Gasteiger partial charge < -0.3 is 10.6 Å². The van der Waals surface area contributed by atoms with E-state index in [0.29, 0.717) is 10.2 Å². The smallest absolute Gasteiger partial charge is 0.238 e. The second-order valence-electron chi connectivity index (χ2n) is 4.78. The highest BCUT2D eigenvalue weighted by molar-refractivity contribution is 9.10. The van der Waals surface area contributed by atoms with Crippen molar-refractivity contribution >= 4 is 27.5 Å². The van der Waals surface area contributed by atoms with Gasteiger partial charge in [-0.15, -0.1) is 0 Å². The zero-order valence-corrected chi connectivity index (χ0v) is 11.7. The minimum atomic E-state index is -0.382. The predicted octanol–water partition coefficient (Wildman–Crippen LogP) is 2.91. The van der Waals surface area contributed by atoms with Gasteiger partial charge in [0, 0.05) is 10.0 Å². The lowest BCUT2D eigenvalue weighted by atomic mass is 10.1. The summed E-state index contributed by atoms with van der Waals surface area (Å²) >= 11 is 3.25. The van der Waals surface area contributed by atoms with Crippen LogP contribution >= 0.6 is 15.9 Å². The summed E-state index contributed by atoms with van der Waals surface area (Å²) in [6.45, 7) is 6.10. The molecule has 1 aromatic rings. The Kier molecular flexibility index (Phi) is 4.65. The number of carbonyl (C=O) groups excluding carboxylic acids is 1. The Morgan fingerprint density at radius 2 is 2.06 bits per heavy atom. The first-order chi connectivity index (χ1) is 7.78. The van der Waals surface area contributed by atoms with Crippen LogP contribution in [0.3, 0.4) is 0 Å². The molecule has 0 aliphatic carbocycles. The molecule has 0 fully saturated rings. The highest BCUT2D eigenvalue weighted by atomic mass is 79.9. The molecule has 0 aliphatic heterocycles. The molecule has 5 heteroatoms. The lowest BCUT2D eigenvalue weighted by Crippen LogP contribution is -2.41. The molecule has 0 saturated heterocycles. The highest BCUT2D eigenvalue weighted by Gasteiger charge is 2.12. The van der Waals surface area contributed by atoms with E-state index in [1.54, 1.807) is 6.07 Å². The molecule has 0 bridgehead atoms. The number of rotatable bonds is 3. The molecule has 17 heavy (non-hydrogen) atoms. The third-order valence-electron chi connectivity index (χ3n) is 1.98. The fourth-order valence-electron chi connectivity index (χ4n) is 1.13. The monoisotopic (exact) mass is 302 g/mol. The molecule has 1 rings (SSSR count). The number of halogens is 2. The van der Waals surface area contributed by atoms with E-state index >= 15 is 0 Å². The average molecular weight is 303 g/mol. The van der Waals surface area contributed by atoms with Crippen LogP contribution < -0.4 is 10.6 Å². The first-order valence-electron chi connectivity index (χ1n) is 5.28. The van der Waals surface area contributed by atoms with Crippen molar-refractivity contribution in [1.29, 1.82) is 0 Å². The Hall–Kier alpha value is -0.940. The van der Waals surface area contributed by atoms with Gasteiger partial charge in [-0.3, -0.25) is 4.79 Å². The number of anilines is 1. The molecule has 0 unspecified atom stereocenters. The van der Waals surface area contributed by atoms with Crippen LogP contribution in [0.2, 0.25) is 0 Å². The van der Waals surface area contributed by atoms with Crippen molar-refractivity contribution in [3.63, 3.8) is 0 Å². The molecular formula is C12H16BrFN2O. The predicted molar refractivity (Wildman–Crippen MR) is 70.5 cm³/mol. The van der Waals surface area contributed by atoms with E-state index in [9.17, 15) is 9.18 Å². The Bertz CT molecular complexity index is 415. The van der Waals surface area contributed by atoms with Crippen LogP contribution in [0.15, 0.2) is 22.7 Å². The molecule has 0 aromatic heterocycles. The molecule has 0 aliphatic rings. The average Bonchev–Trinajstić information content (AvgIpc) is 2.20. The number of carbonyl (C=O) groups is 1. The van der Waals surface area contributed by atoms with Gasteiger partial charge in [-0.25, -0.2) is 4.39 Å². The molecule has 1 aromatic carbocycles. The molecule has 0 saturated carbocycles. The molecule has 2 N–H and O–H groups in total. The van der Waals surface area contributed by atoms with Crippen LogP contribution in [0.1, 0.15) is 20.8 Å². The SMILES string of the molecule is CC(C)(C)NCC(=O)Nc1cc(F)ccc1Br. The maximum absolute atomic E-state index is 13.0. The standard InChI is InChI=1S/C12H16BrFN2O/c1-12(2,3)15-7-11(17)16-10-6-8(14)4-5-9(10)13/h4-6,15H,7H2,1-3H3,(H,16,17). The van der Waals surface area contributed by atoms with Gasteiger partial charge in [0.05, 0.1) is 12.2 Å². The first kappa shape index (κ1) is 14.1. The van der Waals surface area contributed by atoms with Gasteiger partial charge >= 0.3 is 0 Å². The summed E-state index contributed by atoms with van der Waals surface area (Å²) in [7, 11) is 0. The highest BCUT2D eigenvalue weighted by Crippen LogP contribution is 2.22. The second-order valence-corrected chi connectivity index (χ2v) is 5.63. The summed E-state index contributed by atoms with van der Waals surface area (Å²) in [6, 6.07) is 4.16. The van der Waals surface area contributed by atoms with Gasteiger partial charge in [0.25, 0.3) is 0 Å². The Morgan fingerprint density at radius 3 is 2.65 bits per heavy atom. The van der Waals surface area contributed by atoms with Crippen LogP contribution in [-0.4, -0.2) is 18.0 Å². The van der Waals surface area contributed by atoms with Gasteiger partial charge in [0.2, 0.25) is 5.91 Å². The van der Waals surface area contributed by atoms with Crippen LogP contribution in [0.25, 0.3) is 0 Å². The lowest BCUT2D eigenvalue weighted by Gasteiger charge is -2.20. The fourth-order valence-corrected chi connectivity index (χ4v) is 1.48. The third kappa shape index (κ3) is 5.28. The van der Waals surface area contributed by atoms with Crippen LogP contribution in [0.5, 0.6) is 0 Å². The molecule has 3 nitrogen and oxygen atoms in total. The minimum Gasteiger partial charge on any atom is -0.324 e. The minimum absolute atomic E-state index is 0.128. The quantitative estimate of drug-likeness (QED) is 0.901. The van der Waals surface area contributed by atoms with Crippen molar-refractivity contribution in [2.75, 3.05) is 11.9 Å². The number of nitrogens with one attached hydrogen (secondary N) is 2. The Morgan fingerprint density at radius 1 is 1.41 bits per heavy atom. The number of hydrogen-bond acceptors (Lipinski definition) is 2. The maximum Gasteiger partial charge on any atom is 0.238 e. The number of amides is 1. The van der Waals surface area contributed by atoms with Crippen LogP contribution in [0.4, 0.5) is 10.1 Å². The van der Waals surface area contributed by atoms with Gasteiger partial charge in [0.1, 0.15) is 5.82 Å². The summed E-state index contributed by atoms with van der Waals surface area (Å²) in [5, 5.41) is 5.69. The van der Waals surface area contributed by atoms with E-state index in [0.717, 1.165) is 0 Å². The van der Waals surface area contributed by atoms with Crippen molar-refractivity contribution in [3.8, 4) is 0 Å². The molecular weight excluding hydrogens is 287 g/mol. The van der Waals surface area contributed by atoms with E-state index in [4.69, 9.17) is 0 Å². The van der Waals surface area contributed by atoms with Gasteiger partial charge in [0.15, 0.2) is 0 Å². The molecule has 0 heterocycles. The first-order valence-corrected chi connectivity index (χ1v) is 6.07. The third-order valence-corrected chi connectivity index (χ3v) is 2.67. The van der Waals surface area contributed by atoms with Crippen molar-refractivity contribution < 1.29 is 9.18 Å². The number of hydrogen-bond donors (Lipinski definition) is 2. The second kappa shape index (κ2) is 5.60. The van der Waals surface area contributed by atoms with Crippen molar-refractivity contribution in [2.24, 2.45) is 0 Å². The largest absolute Gasteiger partial charge is 0.324 e. The zero-order chi connectivity index (χ0) is 13.1. The molecule has 0 atom stereocenters. The molecule has 0 spiro atoms. The van der Waals surface area contributed by atoms with Crippen molar-refractivity contribution in [2.45, 2.75) is 26.3 Å². The molecule has 0 radical (unpaired) electrons. The van der Waals surface area contributed by atoms with Gasteiger partial charge in [-0.1, -0.05) is 0 Å². The summed E-state index contributed by atoms with van der Waals surface area (Å²) in [5.74, 6) is -0.585. The number of benzene rings is 1. The fraction of sp³-hybridized carbons (Fsp3) is 0.417. The topological polar surface area (TPSA) is 41.1 Å². The van der Waals surface area contributed by atoms with E-state index < -0.39 is 0 Å². The summed E-state index contributed by atoms with van der Waals surface area (Å²) in [4.78, 5) is 11.6. The van der Waals surface area contributed by atoms with Crippen LogP contribution in [-0.2, 0) is 4.79 Å². The van der Waals surface area contributed by atoms with E-state index in [2.05, 4.69) is 26.6 Å². The molecule has 94 valence electrons. The Labute approximate surface area is 109 Å². The normalized spacial score (nSPS) is 11.4. The summed E-state index contributed by atoms with van der Waals surface area (Å²) < 4.78 is 13.6.